The number of aryl methyl sites for hydroxylation is 1. The number of non-ortho nitro benzene ring substituents is 1. The van der Waals surface area contributed by atoms with Crippen LogP contribution >= 0.6 is 12.2 Å². The van der Waals surface area contributed by atoms with Crippen LogP contribution in [0.5, 0.6) is 0 Å². The number of nitrogens with one attached hydrogen (secondary N) is 2. The molecule has 38 heavy (non-hydrogen) atoms. The monoisotopic (exact) mass is 527 g/mol. The summed E-state index contributed by atoms with van der Waals surface area (Å²) in [6.45, 7) is 2.29. The Morgan fingerprint density at radius 2 is 1.95 bits per heavy atom. The summed E-state index contributed by atoms with van der Waals surface area (Å²) >= 11 is 5.68. The van der Waals surface area contributed by atoms with Gasteiger partial charge in [0.2, 0.25) is 5.91 Å². The van der Waals surface area contributed by atoms with Crippen LogP contribution in [0.1, 0.15) is 35.5 Å². The number of amides is 1. The van der Waals surface area contributed by atoms with Gasteiger partial charge < -0.3 is 20.0 Å². The lowest BCUT2D eigenvalue weighted by atomic mass is 10.0. The third kappa shape index (κ3) is 5.25. The molecule has 1 amide bonds. The molecule has 3 heterocycles. The minimum Gasteiger partial charge on any atom is -0.459 e. The predicted octanol–water partition coefficient (Wildman–Crippen LogP) is 5.56. The molecule has 0 radical (unpaired) electrons. The number of rotatable bonds is 8. The SMILES string of the molecule is Cc1ccccc1NC(=O)CCN1C(=S)N[C@H](c2ccccn2)[C@H]1c1ccc(-c2cccc([N+](=O)[O-])c2)o1. The first-order valence-corrected chi connectivity index (χ1v) is 12.5. The van der Waals surface area contributed by atoms with Gasteiger partial charge in [-0.15, -0.1) is 0 Å². The van der Waals surface area contributed by atoms with Crippen LogP contribution in [0.2, 0.25) is 0 Å². The third-order valence-electron chi connectivity index (χ3n) is 6.46. The molecular weight excluding hydrogens is 502 g/mol. The van der Waals surface area contributed by atoms with E-state index in [0.717, 1.165) is 16.9 Å². The Hall–Kier alpha value is -4.57. The Bertz CT molecular complexity index is 1490. The molecule has 2 atom stereocenters. The number of carbonyl (C=O) groups is 1. The Morgan fingerprint density at radius 1 is 1.13 bits per heavy atom. The van der Waals surface area contributed by atoms with Crippen molar-refractivity contribution in [3.63, 3.8) is 0 Å². The summed E-state index contributed by atoms with van der Waals surface area (Å²) in [7, 11) is 0. The first-order chi connectivity index (χ1) is 18.4. The lowest BCUT2D eigenvalue weighted by Gasteiger charge is -2.26. The van der Waals surface area contributed by atoms with Gasteiger partial charge in [0.05, 0.1) is 16.7 Å². The molecule has 0 unspecified atom stereocenters. The van der Waals surface area contributed by atoms with Crippen molar-refractivity contribution in [2.24, 2.45) is 0 Å². The Kier molecular flexibility index (Phi) is 7.14. The van der Waals surface area contributed by atoms with Crippen LogP contribution in [0.25, 0.3) is 11.3 Å². The van der Waals surface area contributed by atoms with E-state index in [-0.39, 0.29) is 30.1 Å². The fourth-order valence-electron chi connectivity index (χ4n) is 4.54. The van der Waals surface area contributed by atoms with Crippen molar-refractivity contribution < 1.29 is 14.1 Å². The first kappa shape index (κ1) is 25.1. The smallest absolute Gasteiger partial charge is 0.270 e. The number of benzene rings is 2. The topological polar surface area (TPSA) is 114 Å². The van der Waals surface area contributed by atoms with Gasteiger partial charge in [0, 0.05) is 42.5 Å². The van der Waals surface area contributed by atoms with Crippen molar-refractivity contribution in [2.45, 2.75) is 25.4 Å². The number of carbonyl (C=O) groups excluding carboxylic acids is 1. The second-order valence-corrected chi connectivity index (χ2v) is 9.33. The Labute approximate surface area is 224 Å². The number of hydrogen-bond acceptors (Lipinski definition) is 6. The zero-order valence-electron chi connectivity index (χ0n) is 20.5. The predicted molar refractivity (Wildman–Crippen MR) is 147 cm³/mol. The molecule has 2 N–H and O–H groups in total. The highest BCUT2D eigenvalue weighted by atomic mass is 32.1. The standard InChI is InChI=1S/C28H25N5O4S/c1-18-7-2-3-10-21(18)30-25(34)14-16-32-27(26(31-28(32)38)22-11-4-5-15-29-22)24-13-12-23(37-24)19-8-6-9-20(17-19)33(35)36/h2-13,15,17,26-27H,14,16H2,1H3,(H,30,34)(H,31,38)/t26-,27-/m1/s1. The van der Waals surface area contributed by atoms with Crippen LogP contribution in [0.3, 0.4) is 0 Å². The van der Waals surface area contributed by atoms with Crippen molar-refractivity contribution in [2.75, 3.05) is 11.9 Å². The molecular formula is C28H25N5O4S. The summed E-state index contributed by atoms with van der Waals surface area (Å²) in [6.07, 6.45) is 1.92. The van der Waals surface area contributed by atoms with E-state index in [2.05, 4.69) is 15.6 Å². The van der Waals surface area contributed by atoms with Gasteiger partial charge >= 0.3 is 0 Å². The van der Waals surface area contributed by atoms with Crippen LogP contribution in [-0.4, -0.2) is 32.4 Å². The summed E-state index contributed by atoms with van der Waals surface area (Å²) in [6, 6.07) is 22.5. The van der Waals surface area contributed by atoms with E-state index in [1.807, 2.05) is 60.4 Å². The number of nitrogens with zero attached hydrogens (tertiary/aromatic N) is 3. The van der Waals surface area contributed by atoms with Crippen molar-refractivity contribution in [3.05, 3.63) is 112 Å². The van der Waals surface area contributed by atoms with Gasteiger partial charge in [-0.05, 0) is 55.0 Å². The van der Waals surface area contributed by atoms with Gasteiger partial charge in [-0.25, -0.2) is 0 Å². The van der Waals surface area contributed by atoms with Gasteiger partial charge in [0.15, 0.2) is 5.11 Å². The molecule has 1 fully saturated rings. The lowest BCUT2D eigenvalue weighted by Crippen LogP contribution is -2.32. The average molecular weight is 528 g/mol. The zero-order valence-corrected chi connectivity index (χ0v) is 21.4. The summed E-state index contributed by atoms with van der Waals surface area (Å²) in [4.78, 5) is 30.1. The highest BCUT2D eigenvalue weighted by Crippen LogP contribution is 2.40. The van der Waals surface area contributed by atoms with E-state index in [1.54, 1.807) is 24.4 Å². The molecule has 192 valence electrons. The van der Waals surface area contributed by atoms with Gasteiger partial charge in [-0.2, -0.15) is 0 Å². The van der Waals surface area contributed by atoms with Crippen molar-refractivity contribution in [1.82, 2.24) is 15.2 Å². The Balaban J connectivity index is 1.41. The van der Waals surface area contributed by atoms with Gasteiger partial charge in [0.1, 0.15) is 17.6 Å². The van der Waals surface area contributed by atoms with E-state index in [1.165, 1.54) is 12.1 Å². The molecule has 10 heteroatoms. The number of nitro groups is 1. The molecule has 1 aliphatic rings. The molecule has 0 saturated carbocycles. The van der Waals surface area contributed by atoms with Crippen molar-refractivity contribution in [3.8, 4) is 11.3 Å². The number of pyridine rings is 1. The fourth-order valence-corrected chi connectivity index (χ4v) is 4.87. The van der Waals surface area contributed by atoms with E-state index < -0.39 is 4.92 Å². The third-order valence-corrected chi connectivity index (χ3v) is 6.81. The molecule has 1 aliphatic heterocycles. The summed E-state index contributed by atoms with van der Waals surface area (Å²) in [5, 5.41) is 18.0. The maximum absolute atomic E-state index is 12.8. The number of anilines is 1. The van der Waals surface area contributed by atoms with Crippen LogP contribution in [0, 0.1) is 17.0 Å². The van der Waals surface area contributed by atoms with Crippen molar-refractivity contribution in [1.29, 1.82) is 0 Å². The fraction of sp³-hybridized carbons (Fsp3) is 0.179. The molecule has 5 rings (SSSR count). The van der Waals surface area contributed by atoms with E-state index in [4.69, 9.17) is 16.6 Å². The quantitative estimate of drug-likeness (QED) is 0.174. The number of para-hydroxylation sites is 1. The molecule has 1 saturated heterocycles. The lowest BCUT2D eigenvalue weighted by molar-refractivity contribution is -0.384. The maximum Gasteiger partial charge on any atom is 0.270 e. The zero-order chi connectivity index (χ0) is 26.6. The second kappa shape index (κ2) is 10.8. The van der Waals surface area contributed by atoms with E-state index in [9.17, 15) is 14.9 Å². The summed E-state index contributed by atoms with van der Waals surface area (Å²) in [5.74, 6) is 0.978. The second-order valence-electron chi connectivity index (χ2n) is 8.94. The van der Waals surface area contributed by atoms with Gasteiger partial charge in [0.25, 0.3) is 5.69 Å². The van der Waals surface area contributed by atoms with Crippen LogP contribution in [0.15, 0.2) is 89.5 Å². The summed E-state index contributed by atoms with van der Waals surface area (Å²) < 4.78 is 6.24. The number of aromatic nitrogens is 1. The van der Waals surface area contributed by atoms with Crippen LogP contribution < -0.4 is 10.6 Å². The van der Waals surface area contributed by atoms with Crippen LogP contribution in [0.4, 0.5) is 11.4 Å². The number of thiocarbonyl (C=S) groups is 1. The van der Waals surface area contributed by atoms with Crippen LogP contribution in [-0.2, 0) is 4.79 Å². The number of hydrogen-bond donors (Lipinski definition) is 2. The first-order valence-electron chi connectivity index (χ1n) is 12.1. The van der Waals surface area contributed by atoms with E-state index >= 15 is 0 Å². The molecule has 0 bridgehead atoms. The largest absolute Gasteiger partial charge is 0.459 e. The molecule has 2 aromatic heterocycles. The van der Waals surface area contributed by atoms with Gasteiger partial charge in [-0.3, -0.25) is 19.9 Å². The molecule has 4 aromatic rings. The summed E-state index contributed by atoms with van der Waals surface area (Å²) in [5.41, 5.74) is 3.11. The maximum atomic E-state index is 12.8. The molecule has 9 nitrogen and oxygen atoms in total. The molecule has 2 aromatic carbocycles. The van der Waals surface area contributed by atoms with Crippen molar-refractivity contribution >= 4 is 34.6 Å². The number of furan rings is 1. The van der Waals surface area contributed by atoms with E-state index in [0.29, 0.717) is 28.7 Å². The minimum atomic E-state index is -0.437. The highest BCUT2D eigenvalue weighted by Gasteiger charge is 2.41. The van der Waals surface area contributed by atoms with Gasteiger partial charge in [-0.1, -0.05) is 36.4 Å². The number of nitro benzene ring substituents is 1. The minimum absolute atomic E-state index is 0.0168. The normalized spacial score (nSPS) is 16.8. The average Bonchev–Trinajstić information content (AvgIpc) is 3.54. The Morgan fingerprint density at radius 3 is 2.71 bits per heavy atom. The molecule has 0 spiro atoms. The molecule has 0 aliphatic carbocycles. The highest BCUT2D eigenvalue weighted by molar-refractivity contribution is 7.80.